The number of carbonyl (C=O) groups is 1. The van der Waals surface area contributed by atoms with Crippen molar-refractivity contribution < 1.29 is 14.3 Å². The molecule has 4 aromatic rings. The largest absolute Gasteiger partial charge is 0.481 e. The zero-order valence-corrected chi connectivity index (χ0v) is 16.8. The molecule has 2 N–H and O–H groups in total. The van der Waals surface area contributed by atoms with E-state index in [0.29, 0.717) is 23.2 Å². The van der Waals surface area contributed by atoms with Crippen molar-refractivity contribution in [1.82, 2.24) is 9.97 Å². The zero-order chi connectivity index (χ0) is 20.4. The first kappa shape index (κ1) is 18.9. The number of nitrogens with two attached hydrogens (primary N) is 1. The summed E-state index contributed by atoms with van der Waals surface area (Å²) in [5.41, 5.74) is 6.35. The molecule has 1 atom stereocenters. The number of carbonyl (C=O) groups excluding carboxylic acids is 1. The van der Waals surface area contributed by atoms with Gasteiger partial charge in [-0.2, -0.15) is 4.98 Å². The first-order valence-corrected chi connectivity index (χ1v) is 9.89. The van der Waals surface area contributed by atoms with Crippen LogP contribution in [0.1, 0.15) is 12.7 Å². The van der Waals surface area contributed by atoms with Crippen LogP contribution in [0.5, 0.6) is 17.4 Å². The lowest BCUT2D eigenvalue weighted by atomic mass is 10.2. The van der Waals surface area contributed by atoms with Crippen LogP contribution in [0.2, 0.25) is 0 Å². The fraction of sp³-hybridized carbons (Fsp3) is 0.136. The lowest BCUT2D eigenvalue weighted by Gasteiger charge is -2.12. The molecule has 6 nitrogen and oxygen atoms in total. The molecule has 1 amide bonds. The lowest BCUT2D eigenvalue weighted by Crippen LogP contribution is -2.30. The number of primary amides is 1. The number of thiophene rings is 1. The van der Waals surface area contributed by atoms with Gasteiger partial charge in [0.2, 0.25) is 5.88 Å². The van der Waals surface area contributed by atoms with E-state index >= 15 is 0 Å². The predicted octanol–water partition coefficient (Wildman–Crippen LogP) is 4.71. The Morgan fingerprint density at radius 3 is 2.41 bits per heavy atom. The van der Waals surface area contributed by atoms with Crippen LogP contribution >= 0.6 is 11.3 Å². The highest BCUT2D eigenvalue weighted by Gasteiger charge is 2.14. The molecule has 0 saturated carbocycles. The molecule has 146 valence electrons. The molecule has 2 aromatic carbocycles. The summed E-state index contributed by atoms with van der Waals surface area (Å²) in [6.45, 7) is 3.45. The van der Waals surface area contributed by atoms with Crippen LogP contribution in [0.3, 0.4) is 0 Å². The molecular formula is C22H19N3O3S. The van der Waals surface area contributed by atoms with Crippen molar-refractivity contribution in [2.75, 3.05) is 0 Å². The molecule has 0 aliphatic carbocycles. The molecule has 2 heterocycles. The summed E-state index contributed by atoms with van der Waals surface area (Å²) in [6, 6.07) is 19.2. The normalized spacial score (nSPS) is 11.9. The number of nitrogens with zero attached hydrogens (tertiary/aromatic N) is 2. The smallest absolute Gasteiger partial charge is 0.258 e. The van der Waals surface area contributed by atoms with Gasteiger partial charge in [0.1, 0.15) is 22.2 Å². The molecule has 4 rings (SSSR count). The third-order valence-corrected chi connectivity index (χ3v) is 5.36. The molecule has 0 radical (unpaired) electrons. The van der Waals surface area contributed by atoms with Crippen LogP contribution < -0.4 is 15.2 Å². The standard InChI is InChI=1S/C22H19N3O3S/c1-13(20(23)26)27-16-8-10-17(11-9-16)28-21-18-12-19(15-6-4-3-5-7-15)29-22(18)25-14(2)24-21/h3-13H,1-2H3,(H2,23,26). The van der Waals surface area contributed by atoms with Gasteiger partial charge in [0.15, 0.2) is 6.10 Å². The Morgan fingerprint density at radius 2 is 1.72 bits per heavy atom. The van der Waals surface area contributed by atoms with Crippen LogP contribution in [-0.2, 0) is 4.79 Å². The van der Waals surface area contributed by atoms with Gasteiger partial charge in [0.05, 0.1) is 5.39 Å². The van der Waals surface area contributed by atoms with E-state index in [1.807, 2.05) is 25.1 Å². The summed E-state index contributed by atoms with van der Waals surface area (Å²) in [6.07, 6.45) is -0.701. The second kappa shape index (κ2) is 7.89. The predicted molar refractivity (Wildman–Crippen MR) is 113 cm³/mol. The average Bonchev–Trinajstić information content (AvgIpc) is 3.14. The van der Waals surface area contributed by atoms with Gasteiger partial charge in [-0.05, 0) is 49.7 Å². The van der Waals surface area contributed by atoms with Crippen molar-refractivity contribution in [1.29, 1.82) is 0 Å². The van der Waals surface area contributed by atoms with E-state index in [2.05, 4.69) is 28.2 Å². The SMILES string of the molecule is Cc1nc(Oc2ccc(OC(C)C(N)=O)cc2)c2cc(-c3ccccc3)sc2n1. The van der Waals surface area contributed by atoms with E-state index in [0.717, 1.165) is 20.7 Å². The topological polar surface area (TPSA) is 87.3 Å². The highest BCUT2D eigenvalue weighted by Crippen LogP contribution is 2.37. The number of benzene rings is 2. The van der Waals surface area contributed by atoms with Crippen LogP contribution in [0.15, 0.2) is 60.7 Å². The Kier molecular flexibility index (Phi) is 5.14. The number of aromatic nitrogens is 2. The number of ether oxygens (including phenoxy) is 2. The molecule has 0 aliphatic rings. The highest BCUT2D eigenvalue weighted by molar-refractivity contribution is 7.21. The fourth-order valence-electron chi connectivity index (χ4n) is 2.78. The van der Waals surface area contributed by atoms with Gasteiger partial charge in [0, 0.05) is 4.88 Å². The maximum absolute atomic E-state index is 11.1. The van der Waals surface area contributed by atoms with Crippen molar-refractivity contribution in [3.05, 3.63) is 66.5 Å². The van der Waals surface area contributed by atoms with E-state index in [-0.39, 0.29) is 0 Å². The Bertz CT molecular complexity index is 1160. The van der Waals surface area contributed by atoms with Crippen molar-refractivity contribution in [3.8, 4) is 27.8 Å². The molecule has 29 heavy (non-hydrogen) atoms. The van der Waals surface area contributed by atoms with Crippen molar-refractivity contribution in [2.24, 2.45) is 5.73 Å². The number of rotatable bonds is 6. The van der Waals surface area contributed by atoms with Gasteiger partial charge in [-0.1, -0.05) is 30.3 Å². The van der Waals surface area contributed by atoms with Crippen molar-refractivity contribution >= 4 is 27.5 Å². The van der Waals surface area contributed by atoms with Gasteiger partial charge in [0.25, 0.3) is 5.91 Å². The maximum Gasteiger partial charge on any atom is 0.258 e. The summed E-state index contributed by atoms with van der Waals surface area (Å²) in [4.78, 5) is 22.1. The average molecular weight is 405 g/mol. The van der Waals surface area contributed by atoms with E-state index < -0.39 is 12.0 Å². The molecule has 7 heteroatoms. The van der Waals surface area contributed by atoms with Gasteiger partial charge in [-0.3, -0.25) is 4.79 Å². The van der Waals surface area contributed by atoms with Crippen LogP contribution in [0.25, 0.3) is 20.7 Å². The fourth-order valence-corrected chi connectivity index (χ4v) is 3.85. The van der Waals surface area contributed by atoms with Gasteiger partial charge >= 0.3 is 0 Å². The van der Waals surface area contributed by atoms with E-state index in [1.165, 1.54) is 0 Å². The molecular weight excluding hydrogens is 386 g/mol. The highest BCUT2D eigenvalue weighted by atomic mass is 32.1. The first-order valence-electron chi connectivity index (χ1n) is 9.07. The van der Waals surface area contributed by atoms with E-state index in [1.54, 1.807) is 42.5 Å². The Hall–Kier alpha value is -3.45. The molecule has 2 aromatic heterocycles. The number of fused-ring (bicyclic) bond motifs is 1. The summed E-state index contributed by atoms with van der Waals surface area (Å²) < 4.78 is 11.5. The third kappa shape index (κ3) is 4.20. The maximum atomic E-state index is 11.1. The monoisotopic (exact) mass is 405 g/mol. The minimum atomic E-state index is -0.701. The summed E-state index contributed by atoms with van der Waals surface area (Å²) >= 11 is 1.61. The van der Waals surface area contributed by atoms with Gasteiger partial charge in [-0.15, -0.1) is 11.3 Å². The quantitative estimate of drug-likeness (QED) is 0.502. The zero-order valence-electron chi connectivity index (χ0n) is 16.0. The second-order valence-corrected chi connectivity index (χ2v) is 7.54. The molecule has 0 bridgehead atoms. The third-order valence-electron chi connectivity index (χ3n) is 4.28. The van der Waals surface area contributed by atoms with Crippen LogP contribution in [-0.4, -0.2) is 22.0 Å². The molecule has 0 saturated heterocycles. The number of aryl methyl sites for hydroxylation is 1. The van der Waals surface area contributed by atoms with Crippen molar-refractivity contribution in [3.63, 3.8) is 0 Å². The van der Waals surface area contributed by atoms with Gasteiger partial charge in [-0.25, -0.2) is 4.98 Å². The molecule has 0 fully saturated rings. The summed E-state index contributed by atoms with van der Waals surface area (Å²) in [5, 5.41) is 0.863. The minimum absolute atomic E-state index is 0.505. The first-order chi connectivity index (χ1) is 14.0. The molecule has 0 spiro atoms. The Balaban J connectivity index is 1.62. The second-order valence-electron chi connectivity index (χ2n) is 6.51. The lowest BCUT2D eigenvalue weighted by molar-refractivity contribution is -0.123. The van der Waals surface area contributed by atoms with Crippen LogP contribution in [0, 0.1) is 6.92 Å². The number of hydrogen-bond donors (Lipinski definition) is 1. The molecule has 1 unspecified atom stereocenters. The number of hydrogen-bond acceptors (Lipinski definition) is 6. The molecule has 0 aliphatic heterocycles. The van der Waals surface area contributed by atoms with E-state index in [4.69, 9.17) is 15.2 Å². The van der Waals surface area contributed by atoms with Gasteiger partial charge < -0.3 is 15.2 Å². The Morgan fingerprint density at radius 1 is 1.03 bits per heavy atom. The van der Waals surface area contributed by atoms with Crippen LogP contribution in [0.4, 0.5) is 0 Å². The van der Waals surface area contributed by atoms with E-state index in [9.17, 15) is 4.79 Å². The minimum Gasteiger partial charge on any atom is -0.481 e. The van der Waals surface area contributed by atoms with Crippen molar-refractivity contribution in [2.45, 2.75) is 20.0 Å². The number of amides is 1. The summed E-state index contributed by atoms with van der Waals surface area (Å²) in [5.74, 6) is 1.77. The Labute approximate surface area is 171 Å². The summed E-state index contributed by atoms with van der Waals surface area (Å²) in [7, 11) is 0.